The molecule has 0 amide bonds. The minimum absolute atomic E-state index is 0.953. The van der Waals surface area contributed by atoms with Gasteiger partial charge >= 0.3 is 0 Å². The van der Waals surface area contributed by atoms with Gasteiger partial charge in [-0.05, 0) is 89.9 Å². The largest absolute Gasteiger partial charge is 0.356 e. The van der Waals surface area contributed by atoms with Crippen LogP contribution in [0.4, 0.5) is 5.69 Å². The van der Waals surface area contributed by atoms with Crippen LogP contribution in [0.15, 0.2) is 158 Å². The molecule has 3 heterocycles. The lowest BCUT2D eigenvalue weighted by molar-refractivity contribution is 1.37. The third kappa shape index (κ3) is 4.17. The Morgan fingerprint density at radius 3 is 2.15 bits per heavy atom. The minimum atomic E-state index is 0.953. The molecule has 9 rings (SSSR count). The van der Waals surface area contributed by atoms with Gasteiger partial charge in [-0.25, -0.2) is 0 Å². The third-order valence-corrected chi connectivity index (χ3v) is 10.4. The van der Waals surface area contributed by atoms with Crippen LogP contribution in [0.5, 0.6) is 0 Å². The lowest BCUT2D eigenvalue weighted by atomic mass is 10.0. The first-order chi connectivity index (χ1) is 22.7. The molecule has 0 unspecified atom stereocenters. The van der Waals surface area contributed by atoms with Crippen molar-refractivity contribution in [1.82, 2.24) is 4.40 Å². The Bertz CT molecular complexity index is 2680. The molecule has 9 aromatic rings. The summed E-state index contributed by atoms with van der Waals surface area (Å²) in [6, 6.07) is 46.3. The van der Waals surface area contributed by atoms with E-state index in [4.69, 9.17) is 0 Å². The Labute approximate surface area is 271 Å². The number of hydrogen-bond donors (Lipinski definition) is 1. The number of fused-ring (bicyclic) bond motifs is 9. The minimum Gasteiger partial charge on any atom is -0.356 e. The van der Waals surface area contributed by atoms with Crippen molar-refractivity contribution in [2.45, 2.75) is 6.92 Å². The van der Waals surface area contributed by atoms with E-state index in [1.807, 2.05) is 17.4 Å². The van der Waals surface area contributed by atoms with Gasteiger partial charge in [-0.1, -0.05) is 91.5 Å². The number of allylic oxidation sites excluding steroid dienone is 4. The Balaban J connectivity index is 0.993. The molecule has 0 atom stereocenters. The number of aromatic nitrogens is 1. The van der Waals surface area contributed by atoms with E-state index in [1.165, 1.54) is 80.5 Å². The van der Waals surface area contributed by atoms with Gasteiger partial charge in [0.25, 0.3) is 0 Å². The van der Waals surface area contributed by atoms with Gasteiger partial charge in [0.15, 0.2) is 0 Å². The average molecular weight is 607 g/mol. The number of hydrogen-bond acceptors (Lipinski definition) is 2. The second kappa shape index (κ2) is 10.5. The Morgan fingerprint density at radius 1 is 0.609 bits per heavy atom. The zero-order valence-electron chi connectivity index (χ0n) is 25.4. The number of nitrogens with zero attached hydrogens (tertiary/aromatic N) is 1. The van der Waals surface area contributed by atoms with E-state index in [0.29, 0.717) is 0 Å². The molecule has 0 saturated heterocycles. The van der Waals surface area contributed by atoms with Crippen LogP contribution in [0.2, 0.25) is 0 Å². The molecular weight excluding hydrogens is 577 g/mol. The maximum atomic E-state index is 4.06. The monoisotopic (exact) mass is 606 g/mol. The van der Waals surface area contributed by atoms with Crippen molar-refractivity contribution < 1.29 is 0 Å². The molecule has 0 bridgehead atoms. The van der Waals surface area contributed by atoms with Crippen LogP contribution in [-0.2, 0) is 0 Å². The zero-order chi connectivity index (χ0) is 30.8. The SMILES string of the molecule is C=C/C(=C\C=C(C)c1ccc2sc3ccccc3c2c1)Nc1ccc(-c2ccc3c(c2)c2cccc4c5ccccc5n3c42)cc1. The van der Waals surface area contributed by atoms with Crippen molar-refractivity contribution >= 4 is 80.9 Å². The van der Waals surface area contributed by atoms with Crippen LogP contribution < -0.4 is 5.32 Å². The second-order valence-electron chi connectivity index (χ2n) is 12.0. The lowest BCUT2D eigenvalue weighted by Crippen LogP contribution is -1.96. The molecule has 0 aliphatic carbocycles. The number of nitrogens with one attached hydrogen (secondary N) is 1. The number of thiophene rings is 1. The molecule has 6 aromatic carbocycles. The van der Waals surface area contributed by atoms with Crippen molar-refractivity contribution in [2.24, 2.45) is 0 Å². The fraction of sp³-hybridized carbons (Fsp3) is 0.0233. The molecule has 0 aliphatic rings. The molecule has 0 spiro atoms. The van der Waals surface area contributed by atoms with Gasteiger partial charge in [-0.3, -0.25) is 0 Å². The summed E-state index contributed by atoms with van der Waals surface area (Å²) in [5.74, 6) is 0. The van der Waals surface area contributed by atoms with E-state index in [-0.39, 0.29) is 0 Å². The van der Waals surface area contributed by atoms with Gasteiger partial charge in [0.05, 0.1) is 16.6 Å². The molecule has 0 saturated carbocycles. The van der Waals surface area contributed by atoms with E-state index in [1.54, 1.807) is 0 Å². The first kappa shape index (κ1) is 26.7. The topological polar surface area (TPSA) is 16.4 Å². The first-order valence-electron chi connectivity index (χ1n) is 15.6. The molecule has 0 aliphatic heterocycles. The van der Waals surface area contributed by atoms with Crippen LogP contribution in [0.25, 0.3) is 75.0 Å². The van der Waals surface area contributed by atoms with Crippen LogP contribution in [-0.4, -0.2) is 4.40 Å². The summed E-state index contributed by atoms with van der Waals surface area (Å²) < 4.78 is 5.08. The number of benzene rings is 6. The molecular formula is C43H30N2S. The van der Waals surface area contributed by atoms with Crippen molar-refractivity contribution in [2.75, 3.05) is 5.32 Å². The van der Waals surface area contributed by atoms with Gasteiger partial charge in [0.2, 0.25) is 0 Å². The Hall–Kier alpha value is -5.64. The number of anilines is 1. The molecule has 0 radical (unpaired) electrons. The predicted molar refractivity (Wildman–Crippen MR) is 201 cm³/mol. The smallest absolute Gasteiger partial charge is 0.0620 e. The summed E-state index contributed by atoms with van der Waals surface area (Å²) in [4.78, 5) is 0. The molecule has 2 nitrogen and oxygen atoms in total. The van der Waals surface area contributed by atoms with Gasteiger partial charge in [-0.15, -0.1) is 11.3 Å². The van der Waals surface area contributed by atoms with Gasteiger partial charge in [0.1, 0.15) is 0 Å². The second-order valence-corrected chi connectivity index (χ2v) is 13.1. The maximum Gasteiger partial charge on any atom is 0.0620 e. The fourth-order valence-corrected chi connectivity index (χ4v) is 8.05. The highest BCUT2D eigenvalue weighted by atomic mass is 32.1. The van der Waals surface area contributed by atoms with E-state index >= 15 is 0 Å². The Kier molecular flexibility index (Phi) is 6.09. The van der Waals surface area contributed by atoms with Crippen molar-refractivity contribution in [3.63, 3.8) is 0 Å². The summed E-state index contributed by atoms with van der Waals surface area (Å²) in [7, 11) is 0. The Morgan fingerprint density at radius 2 is 1.30 bits per heavy atom. The molecule has 3 heteroatoms. The van der Waals surface area contributed by atoms with E-state index in [2.05, 4.69) is 163 Å². The zero-order valence-corrected chi connectivity index (χ0v) is 26.2. The number of rotatable bonds is 6. The van der Waals surface area contributed by atoms with Crippen molar-refractivity contribution in [3.8, 4) is 11.1 Å². The van der Waals surface area contributed by atoms with E-state index in [0.717, 1.165) is 11.4 Å². The van der Waals surface area contributed by atoms with Crippen LogP contribution in [0, 0.1) is 0 Å². The average Bonchev–Trinajstić information content (AvgIpc) is 3.76. The summed E-state index contributed by atoms with van der Waals surface area (Å²) in [5.41, 5.74) is 10.6. The van der Waals surface area contributed by atoms with E-state index < -0.39 is 0 Å². The highest BCUT2D eigenvalue weighted by Crippen LogP contribution is 2.40. The summed E-state index contributed by atoms with van der Waals surface area (Å²) in [5, 5.41) is 11.4. The summed E-state index contributed by atoms with van der Waals surface area (Å²) in [6.45, 7) is 6.23. The van der Waals surface area contributed by atoms with Gasteiger partial charge in [-0.2, -0.15) is 0 Å². The van der Waals surface area contributed by atoms with Crippen molar-refractivity contribution in [1.29, 1.82) is 0 Å². The molecule has 218 valence electrons. The van der Waals surface area contributed by atoms with Crippen molar-refractivity contribution in [3.05, 3.63) is 163 Å². The van der Waals surface area contributed by atoms with E-state index in [9.17, 15) is 0 Å². The van der Waals surface area contributed by atoms with Crippen LogP contribution in [0.3, 0.4) is 0 Å². The van der Waals surface area contributed by atoms with Crippen LogP contribution >= 0.6 is 11.3 Å². The number of para-hydroxylation sites is 2. The molecule has 3 aromatic heterocycles. The normalized spacial score (nSPS) is 12.8. The maximum absolute atomic E-state index is 4.06. The standard InChI is InChI=1S/C43H30N2S/c1-3-31(20-15-27(2)29-19-24-42-38(25-29)34-10-5-7-14-41(34)46-42)44-32-21-16-28(17-22-32)30-18-23-40-37(26-30)36-12-8-11-35-33-9-4-6-13-39(33)45(40)43(35)36/h3-26,44H,1H2,2H3/b27-15?,31-20+. The van der Waals surface area contributed by atoms with Crippen LogP contribution in [0.1, 0.15) is 12.5 Å². The fourth-order valence-electron chi connectivity index (χ4n) is 6.97. The van der Waals surface area contributed by atoms with Gasteiger partial charge < -0.3 is 9.72 Å². The molecule has 46 heavy (non-hydrogen) atoms. The third-order valence-electron chi connectivity index (χ3n) is 9.29. The lowest BCUT2D eigenvalue weighted by Gasteiger charge is -2.09. The highest BCUT2D eigenvalue weighted by molar-refractivity contribution is 7.25. The summed E-state index contributed by atoms with van der Waals surface area (Å²) in [6.07, 6.45) is 6.14. The molecule has 0 fully saturated rings. The first-order valence-corrected chi connectivity index (χ1v) is 16.4. The predicted octanol–water partition coefficient (Wildman–Crippen LogP) is 12.5. The van der Waals surface area contributed by atoms with Gasteiger partial charge in [0, 0.05) is 53.1 Å². The summed E-state index contributed by atoms with van der Waals surface area (Å²) >= 11 is 1.85. The quantitative estimate of drug-likeness (QED) is 0.186. The molecule has 1 N–H and O–H groups in total. The highest BCUT2D eigenvalue weighted by Gasteiger charge is 2.17.